The summed E-state index contributed by atoms with van der Waals surface area (Å²) in [4.78, 5) is 1.83. The Morgan fingerprint density at radius 3 is 2.88 bits per heavy atom. The lowest BCUT2D eigenvalue weighted by atomic mass is 10.2. The zero-order chi connectivity index (χ0) is 11.5. The van der Waals surface area contributed by atoms with Gasteiger partial charge in [-0.25, -0.2) is 4.39 Å². The number of hydrogen-bond acceptors (Lipinski definition) is 2. The first-order valence-electron chi connectivity index (χ1n) is 5.49. The van der Waals surface area contributed by atoms with Crippen LogP contribution in [0.2, 0.25) is 0 Å². The predicted octanol–water partition coefficient (Wildman–Crippen LogP) is 2.80. The van der Waals surface area contributed by atoms with E-state index in [1.54, 1.807) is 12.1 Å². The van der Waals surface area contributed by atoms with E-state index in [-0.39, 0.29) is 11.6 Å². The highest BCUT2D eigenvalue weighted by atomic mass is 19.1. The monoisotopic (exact) mass is 222 g/mol. The van der Waals surface area contributed by atoms with E-state index in [0.29, 0.717) is 12.4 Å². The number of benzene rings is 1. The minimum atomic E-state index is -0.362. The van der Waals surface area contributed by atoms with Crippen molar-refractivity contribution in [3.63, 3.8) is 0 Å². The van der Waals surface area contributed by atoms with Gasteiger partial charge in [-0.1, -0.05) is 0 Å². The molecule has 16 heavy (non-hydrogen) atoms. The van der Waals surface area contributed by atoms with Crippen LogP contribution < -0.4 is 9.64 Å². The zero-order valence-electron chi connectivity index (χ0n) is 9.29. The van der Waals surface area contributed by atoms with Gasteiger partial charge >= 0.3 is 0 Å². The second kappa shape index (κ2) is 4.51. The SMILES string of the molecule is CCOc1ccc(N2CCCC2=N)cc1F. The Kier molecular flexibility index (Phi) is 3.08. The summed E-state index contributed by atoms with van der Waals surface area (Å²) in [6.45, 7) is 3.07. The molecule has 1 aromatic carbocycles. The molecule has 0 spiro atoms. The van der Waals surface area contributed by atoms with Crippen molar-refractivity contribution in [2.45, 2.75) is 19.8 Å². The average Bonchev–Trinajstić information content (AvgIpc) is 2.68. The third-order valence-corrected chi connectivity index (χ3v) is 2.65. The molecule has 0 saturated carbocycles. The molecule has 1 heterocycles. The van der Waals surface area contributed by atoms with E-state index in [2.05, 4.69) is 0 Å². The number of nitrogens with zero attached hydrogens (tertiary/aromatic N) is 1. The Balaban J connectivity index is 2.23. The standard InChI is InChI=1S/C12H15FN2O/c1-2-16-11-6-5-9(8-10(11)13)15-7-3-4-12(15)14/h5-6,8,14H,2-4,7H2,1H3. The van der Waals surface area contributed by atoms with Crippen molar-refractivity contribution in [3.05, 3.63) is 24.0 Å². The van der Waals surface area contributed by atoms with Gasteiger partial charge in [-0.05, 0) is 25.5 Å². The molecule has 1 saturated heterocycles. The number of hydrogen-bond donors (Lipinski definition) is 1. The first-order valence-corrected chi connectivity index (χ1v) is 5.49. The number of amidine groups is 1. The maximum atomic E-state index is 13.6. The highest BCUT2D eigenvalue weighted by molar-refractivity contribution is 5.97. The normalized spacial score (nSPS) is 15.6. The first-order chi connectivity index (χ1) is 7.72. The molecule has 1 aliphatic rings. The Morgan fingerprint density at radius 1 is 1.50 bits per heavy atom. The van der Waals surface area contributed by atoms with Gasteiger partial charge in [0.25, 0.3) is 0 Å². The van der Waals surface area contributed by atoms with Gasteiger partial charge in [-0.15, -0.1) is 0 Å². The van der Waals surface area contributed by atoms with Gasteiger partial charge in [0.05, 0.1) is 6.61 Å². The maximum absolute atomic E-state index is 13.6. The molecule has 4 heteroatoms. The molecule has 0 aromatic heterocycles. The van der Waals surface area contributed by atoms with Crippen molar-refractivity contribution >= 4 is 11.5 Å². The predicted molar refractivity (Wildman–Crippen MR) is 61.9 cm³/mol. The molecular weight excluding hydrogens is 207 g/mol. The van der Waals surface area contributed by atoms with Crippen LogP contribution in [0.1, 0.15) is 19.8 Å². The highest BCUT2D eigenvalue weighted by Crippen LogP contribution is 2.26. The topological polar surface area (TPSA) is 36.3 Å². The molecule has 2 rings (SSSR count). The van der Waals surface area contributed by atoms with Gasteiger partial charge in [-0.3, -0.25) is 5.41 Å². The average molecular weight is 222 g/mol. The van der Waals surface area contributed by atoms with E-state index in [1.807, 2.05) is 11.8 Å². The van der Waals surface area contributed by atoms with Crippen molar-refractivity contribution in [3.8, 4) is 5.75 Å². The molecule has 1 N–H and O–H groups in total. The van der Waals surface area contributed by atoms with Crippen LogP contribution >= 0.6 is 0 Å². The summed E-state index contributed by atoms with van der Waals surface area (Å²) in [6, 6.07) is 4.86. The maximum Gasteiger partial charge on any atom is 0.167 e. The van der Waals surface area contributed by atoms with Gasteiger partial charge in [0.2, 0.25) is 0 Å². The summed E-state index contributed by atoms with van der Waals surface area (Å²) in [7, 11) is 0. The number of anilines is 1. The number of halogens is 1. The number of nitrogens with one attached hydrogen (secondary N) is 1. The fourth-order valence-electron chi connectivity index (χ4n) is 1.89. The van der Waals surface area contributed by atoms with Crippen molar-refractivity contribution in [2.24, 2.45) is 0 Å². The van der Waals surface area contributed by atoms with Crippen LogP contribution in [0, 0.1) is 11.2 Å². The molecule has 0 atom stereocenters. The van der Waals surface area contributed by atoms with E-state index in [1.165, 1.54) is 6.07 Å². The molecule has 3 nitrogen and oxygen atoms in total. The molecule has 0 radical (unpaired) electrons. The largest absolute Gasteiger partial charge is 0.491 e. The first kappa shape index (κ1) is 10.9. The fourth-order valence-corrected chi connectivity index (χ4v) is 1.89. The number of ether oxygens (including phenoxy) is 1. The smallest absolute Gasteiger partial charge is 0.167 e. The summed E-state index contributed by atoms with van der Waals surface area (Å²) in [5, 5.41) is 7.72. The van der Waals surface area contributed by atoms with Crippen molar-refractivity contribution in [1.82, 2.24) is 0 Å². The van der Waals surface area contributed by atoms with E-state index in [9.17, 15) is 4.39 Å². The Morgan fingerprint density at radius 2 is 2.31 bits per heavy atom. The Hall–Kier alpha value is -1.58. The second-order valence-electron chi connectivity index (χ2n) is 3.75. The van der Waals surface area contributed by atoms with Crippen LogP contribution in [0.3, 0.4) is 0 Å². The molecule has 0 unspecified atom stereocenters. The number of rotatable bonds is 3. The lowest BCUT2D eigenvalue weighted by Gasteiger charge is -2.18. The molecular formula is C12H15FN2O. The summed E-state index contributed by atoms with van der Waals surface area (Å²) >= 11 is 0. The van der Waals surface area contributed by atoms with Crippen molar-refractivity contribution < 1.29 is 9.13 Å². The van der Waals surface area contributed by atoms with Crippen LogP contribution in [0.15, 0.2) is 18.2 Å². The fraction of sp³-hybridized carbons (Fsp3) is 0.417. The third-order valence-electron chi connectivity index (χ3n) is 2.65. The van der Waals surface area contributed by atoms with Crippen LogP contribution in [-0.4, -0.2) is 19.0 Å². The van der Waals surface area contributed by atoms with Gasteiger partial charge < -0.3 is 9.64 Å². The Labute approximate surface area is 94.3 Å². The third kappa shape index (κ3) is 2.01. The lowest BCUT2D eigenvalue weighted by Crippen LogP contribution is -2.23. The molecule has 1 fully saturated rings. The molecule has 0 aliphatic carbocycles. The lowest BCUT2D eigenvalue weighted by molar-refractivity contribution is 0.321. The summed E-state index contributed by atoms with van der Waals surface area (Å²) in [5.74, 6) is 0.472. The molecule has 86 valence electrons. The van der Waals surface area contributed by atoms with E-state index in [0.717, 1.165) is 25.1 Å². The second-order valence-corrected chi connectivity index (χ2v) is 3.75. The summed E-state index contributed by atoms with van der Waals surface area (Å²) < 4.78 is 18.7. The van der Waals surface area contributed by atoms with Crippen LogP contribution in [0.4, 0.5) is 10.1 Å². The van der Waals surface area contributed by atoms with Gasteiger partial charge in [0.1, 0.15) is 5.84 Å². The van der Waals surface area contributed by atoms with Crippen molar-refractivity contribution in [1.29, 1.82) is 5.41 Å². The molecule has 1 aliphatic heterocycles. The molecule has 0 bridgehead atoms. The van der Waals surface area contributed by atoms with Gasteiger partial charge in [-0.2, -0.15) is 0 Å². The molecule has 1 aromatic rings. The van der Waals surface area contributed by atoms with Crippen LogP contribution in [0.25, 0.3) is 0 Å². The van der Waals surface area contributed by atoms with Crippen LogP contribution in [0.5, 0.6) is 5.75 Å². The van der Waals surface area contributed by atoms with E-state index >= 15 is 0 Å². The minimum Gasteiger partial charge on any atom is -0.491 e. The minimum absolute atomic E-state index is 0.275. The van der Waals surface area contributed by atoms with Gasteiger partial charge in [0, 0.05) is 24.7 Å². The quantitative estimate of drug-likeness (QED) is 0.853. The van der Waals surface area contributed by atoms with E-state index < -0.39 is 0 Å². The highest BCUT2D eigenvalue weighted by Gasteiger charge is 2.19. The molecule has 0 amide bonds. The van der Waals surface area contributed by atoms with E-state index in [4.69, 9.17) is 10.1 Å². The zero-order valence-corrected chi connectivity index (χ0v) is 9.29. The Bertz CT molecular complexity index is 406. The van der Waals surface area contributed by atoms with Crippen molar-refractivity contribution in [2.75, 3.05) is 18.1 Å². The summed E-state index contributed by atoms with van der Waals surface area (Å²) in [6.07, 6.45) is 1.74. The summed E-state index contributed by atoms with van der Waals surface area (Å²) in [5.41, 5.74) is 0.739. The van der Waals surface area contributed by atoms with Crippen LogP contribution in [-0.2, 0) is 0 Å². The van der Waals surface area contributed by atoms with Gasteiger partial charge in [0.15, 0.2) is 11.6 Å².